The van der Waals surface area contributed by atoms with E-state index >= 15 is 0 Å². The van der Waals surface area contributed by atoms with Crippen molar-refractivity contribution in [3.05, 3.63) is 12.2 Å². The lowest BCUT2D eigenvalue weighted by atomic mass is 10.2. The Morgan fingerprint density at radius 2 is 2.25 bits per heavy atom. The van der Waals surface area contributed by atoms with Gasteiger partial charge >= 0.3 is 0 Å². The molecule has 0 aromatic heterocycles. The zero-order valence-corrected chi connectivity index (χ0v) is 7.66. The summed E-state index contributed by atoms with van der Waals surface area (Å²) >= 11 is 0. The molecule has 0 N–H and O–H groups in total. The molecule has 1 heterocycles. The molecule has 1 saturated heterocycles. The molecule has 0 aromatic carbocycles. The number of ketones is 1. The van der Waals surface area contributed by atoms with E-state index < -0.39 is 11.9 Å². The lowest BCUT2D eigenvalue weighted by molar-refractivity contribution is -0.149. The van der Waals surface area contributed by atoms with Crippen LogP contribution in [0.3, 0.4) is 0 Å². The molecule has 3 nitrogen and oxygen atoms in total. The number of carbonyl (C=O) groups is 1. The SMILES string of the molecule is C/C=C/C(=O)C1COC(C)(C)O1. The van der Waals surface area contributed by atoms with E-state index in [0.717, 1.165) is 0 Å². The second-order valence-corrected chi connectivity index (χ2v) is 3.22. The maximum atomic E-state index is 11.2. The van der Waals surface area contributed by atoms with Crippen LogP contribution >= 0.6 is 0 Å². The molecule has 0 bridgehead atoms. The molecule has 0 saturated carbocycles. The van der Waals surface area contributed by atoms with Crippen LogP contribution in [0.4, 0.5) is 0 Å². The fourth-order valence-corrected chi connectivity index (χ4v) is 1.10. The zero-order chi connectivity index (χ0) is 9.19. The van der Waals surface area contributed by atoms with Crippen LogP contribution in [0.25, 0.3) is 0 Å². The smallest absolute Gasteiger partial charge is 0.186 e. The van der Waals surface area contributed by atoms with Gasteiger partial charge in [-0.3, -0.25) is 4.79 Å². The molecular weight excluding hydrogens is 156 g/mol. The molecule has 0 aliphatic carbocycles. The monoisotopic (exact) mass is 170 g/mol. The highest BCUT2D eigenvalue weighted by atomic mass is 16.7. The summed E-state index contributed by atoms with van der Waals surface area (Å²) in [4.78, 5) is 11.2. The van der Waals surface area contributed by atoms with E-state index in [1.54, 1.807) is 26.8 Å². The topological polar surface area (TPSA) is 35.5 Å². The molecule has 68 valence electrons. The minimum absolute atomic E-state index is 0.0249. The van der Waals surface area contributed by atoms with Crippen LogP contribution in [0.5, 0.6) is 0 Å². The molecule has 1 aliphatic rings. The minimum Gasteiger partial charge on any atom is -0.347 e. The molecule has 0 radical (unpaired) electrons. The third kappa shape index (κ3) is 2.16. The van der Waals surface area contributed by atoms with Crippen molar-refractivity contribution >= 4 is 5.78 Å². The molecule has 1 fully saturated rings. The largest absolute Gasteiger partial charge is 0.347 e. The van der Waals surface area contributed by atoms with Gasteiger partial charge in [0.1, 0.15) is 6.10 Å². The van der Waals surface area contributed by atoms with Gasteiger partial charge in [0, 0.05) is 0 Å². The van der Waals surface area contributed by atoms with E-state index in [-0.39, 0.29) is 5.78 Å². The zero-order valence-electron chi connectivity index (χ0n) is 7.66. The van der Waals surface area contributed by atoms with E-state index in [1.807, 2.05) is 0 Å². The third-order valence-corrected chi connectivity index (χ3v) is 1.66. The van der Waals surface area contributed by atoms with Crippen LogP contribution in [-0.4, -0.2) is 24.3 Å². The number of ether oxygens (including phenoxy) is 2. The van der Waals surface area contributed by atoms with Gasteiger partial charge in [-0.2, -0.15) is 0 Å². The van der Waals surface area contributed by atoms with Crippen molar-refractivity contribution in [2.75, 3.05) is 6.61 Å². The molecule has 1 rings (SSSR count). The molecule has 0 amide bonds. The van der Waals surface area contributed by atoms with Gasteiger partial charge in [-0.15, -0.1) is 0 Å². The van der Waals surface area contributed by atoms with Gasteiger partial charge in [0.15, 0.2) is 11.6 Å². The van der Waals surface area contributed by atoms with Crippen LogP contribution in [0.2, 0.25) is 0 Å². The minimum atomic E-state index is -0.609. The normalized spacial score (nSPS) is 28.1. The first-order valence-corrected chi connectivity index (χ1v) is 4.03. The first-order chi connectivity index (χ1) is 5.55. The lowest BCUT2D eigenvalue weighted by Gasteiger charge is -2.15. The van der Waals surface area contributed by atoms with Crippen molar-refractivity contribution in [2.24, 2.45) is 0 Å². The summed E-state index contributed by atoms with van der Waals surface area (Å²) in [7, 11) is 0. The summed E-state index contributed by atoms with van der Waals surface area (Å²) in [6, 6.07) is 0. The number of carbonyl (C=O) groups excluding carboxylic acids is 1. The molecule has 1 aliphatic heterocycles. The Labute approximate surface area is 72.4 Å². The van der Waals surface area contributed by atoms with Crippen molar-refractivity contribution in [1.82, 2.24) is 0 Å². The van der Waals surface area contributed by atoms with Gasteiger partial charge in [0.25, 0.3) is 0 Å². The van der Waals surface area contributed by atoms with Crippen LogP contribution in [-0.2, 0) is 14.3 Å². The second kappa shape index (κ2) is 3.37. The summed E-state index contributed by atoms with van der Waals surface area (Å²) in [5.41, 5.74) is 0. The Bertz CT molecular complexity index is 206. The van der Waals surface area contributed by atoms with Crippen LogP contribution < -0.4 is 0 Å². The molecule has 12 heavy (non-hydrogen) atoms. The van der Waals surface area contributed by atoms with E-state index in [4.69, 9.17) is 9.47 Å². The second-order valence-electron chi connectivity index (χ2n) is 3.22. The van der Waals surface area contributed by atoms with Crippen LogP contribution in [0, 0.1) is 0 Å². The van der Waals surface area contributed by atoms with Gasteiger partial charge in [-0.25, -0.2) is 0 Å². The van der Waals surface area contributed by atoms with Gasteiger partial charge in [-0.05, 0) is 26.8 Å². The number of hydrogen-bond donors (Lipinski definition) is 0. The van der Waals surface area contributed by atoms with Crippen LogP contribution in [0.1, 0.15) is 20.8 Å². The lowest BCUT2D eigenvalue weighted by Crippen LogP contribution is -2.25. The highest BCUT2D eigenvalue weighted by molar-refractivity contribution is 5.93. The molecule has 0 aromatic rings. The Hall–Kier alpha value is -0.670. The van der Waals surface area contributed by atoms with E-state index in [1.165, 1.54) is 6.08 Å². The molecule has 1 unspecified atom stereocenters. The van der Waals surface area contributed by atoms with E-state index in [2.05, 4.69) is 0 Å². The van der Waals surface area contributed by atoms with Gasteiger partial charge in [0.05, 0.1) is 6.61 Å². The quantitative estimate of drug-likeness (QED) is 0.586. The predicted octanol–water partition coefficient (Wildman–Crippen LogP) is 1.28. The summed E-state index contributed by atoms with van der Waals surface area (Å²) in [6.45, 7) is 5.76. The highest BCUT2D eigenvalue weighted by Crippen LogP contribution is 2.22. The molecule has 3 heteroatoms. The molecular formula is C9H14O3. The summed E-state index contributed by atoms with van der Waals surface area (Å²) < 4.78 is 10.6. The van der Waals surface area contributed by atoms with Gasteiger partial charge in [-0.1, -0.05) is 6.08 Å². The van der Waals surface area contributed by atoms with Crippen molar-refractivity contribution < 1.29 is 14.3 Å². The Morgan fingerprint density at radius 3 is 2.67 bits per heavy atom. The number of allylic oxidation sites excluding steroid dienone is 1. The van der Waals surface area contributed by atoms with Crippen molar-refractivity contribution in [3.63, 3.8) is 0 Å². The van der Waals surface area contributed by atoms with E-state index in [9.17, 15) is 4.79 Å². The van der Waals surface area contributed by atoms with Gasteiger partial charge < -0.3 is 9.47 Å². The maximum absolute atomic E-state index is 11.2. The van der Waals surface area contributed by atoms with Crippen molar-refractivity contribution in [1.29, 1.82) is 0 Å². The summed E-state index contributed by atoms with van der Waals surface area (Å²) in [5, 5.41) is 0. The Balaban J connectivity index is 2.52. The fourth-order valence-electron chi connectivity index (χ4n) is 1.10. The third-order valence-electron chi connectivity index (χ3n) is 1.66. The molecule has 1 atom stereocenters. The summed E-state index contributed by atoms with van der Waals surface area (Å²) in [6.07, 6.45) is 2.79. The Kier molecular flexibility index (Phi) is 2.65. The first-order valence-electron chi connectivity index (χ1n) is 4.03. The van der Waals surface area contributed by atoms with Crippen LogP contribution in [0.15, 0.2) is 12.2 Å². The average molecular weight is 170 g/mol. The fraction of sp³-hybridized carbons (Fsp3) is 0.667. The van der Waals surface area contributed by atoms with Crippen molar-refractivity contribution in [2.45, 2.75) is 32.7 Å². The standard InChI is InChI=1S/C9H14O3/c1-4-5-7(10)8-6-11-9(2,3)12-8/h4-5,8H,6H2,1-3H3/b5-4+. The molecule has 0 spiro atoms. The van der Waals surface area contributed by atoms with Crippen molar-refractivity contribution in [3.8, 4) is 0 Å². The number of rotatable bonds is 2. The summed E-state index contributed by atoms with van der Waals surface area (Å²) in [5.74, 6) is -0.634. The van der Waals surface area contributed by atoms with E-state index in [0.29, 0.717) is 6.61 Å². The predicted molar refractivity (Wildman–Crippen MR) is 44.7 cm³/mol. The first kappa shape index (κ1) is 9.42. The number of hydrogen-bond acceptors (Lipinski definition) is 3. The Morgan fingerprint density at radius 1 is 1.58 bits per heavy atom. The van der Waals surface area contributed by atoms with Gasteiger partial charge in [0.2, 0.25) is 0 Å². The average Bonchev–Trinajstić information content (AvgIpc) is 2.31. The maximum Gasteiger partial charge on any atom is 0.186 e. The highest BCUT2D eigenvalue weighted by Gasteiger charge is 2.35.